The Kier molecular flexibility index (Phi) is 4.42. The number of benzene rings is 1. The quantitative estimate of drug-likeness (QED) is 0.894. The Bertz CT molecular complexity index is 845. The molecule has 8 heteroatoms. The van der Waals surface area contributed by atoms with Gasteiger partial charge < -0.3 is 9.42 Å². The van der Waals surface area contributed by atoms with Gasteiger partial charge >= 0.3 is 0 Å². The molecule has 1 N–H and O–H groups in total. The van der Waals surface area contributed by atoms with Gasteiger partial charge in [-0.2, -0.15) is 0 Å². The first kappa shape index (κ1) is 16.7. The maximum atomic E-state index is 12.5. The fourth-order valence-corrected chi connectivity index (χ4v) is 3.61. The maximum Gasteiger partial charge on any atom is 0.240 e. The summed E-state index contributed by atoms with van der Waals surface area (Å²) in [6, 6.07) is 8.83. The predicted molar refractivity (Wildman–Crippen MR) is 88.5 cm³/mol. The van der Waals surface area contributed by atoms with Crippen LogP contribution < -0.4 is 4.72 Å². The van der Waals surface area contributed by atoms with Crippen molar-refractivity contribution in [3.05, 3.63) is 41.7 Å². The van der Waals surface area contributed by atoms with E-state index in [0.717, 1.165) is 28.8 Å². The van der Waals surface area contributed by atoms with Gasteiger partial charge in [-0.1, -0.05) is 35.5 Å². The highest BCUT2D eigenvalue weighted by molar-refractivity contribution is 7.88. The van der Waals surface area contributed by atoms with Crippen molar-refractivity contribution in [2.24, 2.45) is 0 Å². The van der Waals surface area contributed by atoms with Crippen LogP contribution in [0.25, 0.3) is 11.3 Å². The average molecular weight is 349 g/mol. The Balaban J connectivity index is 1.81. The van der Waals surface area contributed by atoms with Gasteiger partial charge in [0, 0.05) is 24.1 Å². The van der Waals surface area contributed by atoms with Crippen LogP contribution >= 0.6 is 0 Å². The van der Waals surface area contributed by atoms with E-state index in [0.29, 0.717) is 19.5 Å². The summed E-state index contributed by atoms with van der Waals surface area (Å²) in [5, 5.41) is 4.14. The number of carbonyl (C=O) groups is 1. The third-order valence-electron chi connectivity index (χ3n) is 3.95. The van der Waals surface area contributed by atoms with E-state index in [-0.39, 0.29) is 5.91 Å². The summed E-state index contributed by atoms with van der Waals surface area (Å²) < 4.78 is 30.4. The molecule has 7 nitrogen and oxygen atoms in total. The van der Waals surface area contributed by atoms with Crippen molar-refractivity contribution >= 4 is 15.9 Å². The molecule has 0 aliphatic carbocycles. The number of hydrogen-bond acceptors (Lipinski definition) is 5. The van der Waals surface area contributed by atoms with Crippen LogP contribution in [-0.2, 0) is 27.8 Å². The SMILES string of the molecule is C[C@@H](NS(C)(=O)=O)C(=O)N1CCc2onc(-c3ccccc3)c2C1. The fourth-order valence-electron chi connectivity index (χ4n) is 2.87. The smallest absolute Gasteiger partial charge is 0.240 e. The first-order valence-electron chi connectivity index (χ1n) is 7.64. The number of carbonyl (C=O) groups excluding carboxylic acids is 1. The lowest BCUT2D eigenvalue weighted by atomic mass is 10.0. The van der Waals surface area contributed by atoms with Gasteiger partial charge in [0.25, 0.3) is 0 Å². The number of aromatic nitrogens is 1. The molecule has 0 fully saturated rings. The summed E-state index contributed by atoms with van der Waals surface area (Å²) in [4.78, 5) is 14.1. The minimum Gasteiger partial charge on any atom is -0.360 e. The van der Waals surface area contributed by atoms with Crippen molar-refractivity contribution in [2.45, 2.75) is 25.9 Å². The van der Waals surface area contributed by atoms with Gasteiger partial charge in [0.05, 0.1) is 18.8 Å². The Morgan fingerprint density at radius 1 is 1.33 bits per heavy atom. The zero-order valence-corrected chi connectivity index (χ0v) is 14.3. The molecule has 1 aliphatic rings. The summed E-state index contributed by atoms with van der Waals surface area (Å²) in [5.74, 6) is 0.521. The zero-order chi connectivity index (χ0) is 17.3. The molecule has 1 aromatic heterocycles. The van der Waals surface area contributed by atoms with Gasteiger partial charge in [-0.05, 0) is 6.92 Å². The summed E-state index contributed by atoms with van der Waals surface area (Å²) >= 11 is 0. The summed E-state index contributed by atoms with van der Waals surface area (Å²) in [6.45, 7) is 2.38. The molecule has 0 bridgehead atoms. The molecule has 0 saturated carbocycles. The molecule has 24 heavy (non-hydrogen) atoms. The molecule has 2 aromatic rings. The lowest BCUT2D eigenvalue weighted by Crippen LogP contribution is -2.48. The summed E-state index contributed by atoms with van der Waals surface area (Å²) in [6.07, 6.45) is 1.60. The molecule has 0 radical (unpaired) electrons. The number of sulfonamides is 1. The predicted octanol–water partition coefficient (Wildman–Crippen LogP) is 1.16. The average Bonchev–Trinajstić information content (AvgIpc) is 2.96. The molecule has 3 rings (SSSR count). The van der Waals surface area contributed by atoms with Crippen LogP contribution in [0.5, 0.6) is 0 Å². The van der Waals surface area contributed by atoms with Crippen LogP contribution in [0.1, 0.15) is 18.2 Å². The highest BCUT2D eigenvalue weighted by atomic mass is 32.2. The number of hydrogen-bond donors (Lipinski definition) is 1. The van der Waals surface area contributed by atoms with E-state index in [1.807, 2.05) is 30.3 Å². The van der Waals surface area contributed by atoms with Crippen molar-refractivity contribution in [3.8, 4) is 11.3 Å². The van der Waals surface area contributed by atoms with E-state index in [1.54, 1.807) is 11.8 Å². The minimum absolute atomic E-state index is 0.258. The maximum absolute atomic E-state index is 12.5. The molecule has 0 unspecified atom stereocenters. The van der Waals surface area contributed by atoms with E-state index in [1.165, 1.54) is 0 Å². The molecule has 1 amide bonds. The largest absolute Gasteiger partial charge is 0.360 e. The molecule has 128 valence electrons. The highest BCUT2D eigenvalue weighted by Gasteiger charge is 2.30. The Morgan fingerprint density at radius 2 is 2.04 bits per heavy atom. The van der Waals surface area contributed by atoms with Crippen LogP contribution in [-0.4, -0.2) is 43.2 Å². The highest BCUT2D eigenvalue weighted by Crippen LogP contribution is 2.30. The van der Waals surface area contributed by atoms with Crippen LogP contribution in [0.2, 0.25) is 0 Å². The number of amides is 1. The third kappa shape index (κ3) is 3.49. The Morgan fingerprint density at radius 3 is 2.71 bits per heavy atom. The monoisotopic (exact) mass is 349 g/mol. The van der Waals surface area contributed by atoms with E-state index in [2.05, 4.69) is 9.88 Å². The number of fused-ring (bicyclic) bond motifs is 1. The molecule has 1 atom stereocenters. The van der Waals surface area contributed by atoms with E-state index in [4.69, 9.17) is 4.52 Å². The molecule has 0 saturated heterocycles. The van der Waals surface area contributed by atoms with Crippen LogP contribution in [0.15, 0.2) is 34.9 Å². The Hall–Kier alpha value is -2.19. The molecular formula is C16H19N3O4S. The third-order valence-corrected chi connectivity index (χ3v) is 4.73. The van der Waals surface area contributed by atoms with Crippen LogP contribution in [0.4, 0.5) is 0 Å². The van der Waals surface area contributed by atoms with Gasteiger partial charge in [0.2, 0.25) is 15.9 Å². The normalized spacial score (nSPS) is 15.8. The number of nitrogens with zero attached hydrogens (tertiary/aromatic N) is 2. The van der Waals surface area contributed by atoms with Crippen molar-refractivity contribution in [3.63, 3.8) is 0 Å². The van der Waals surface area contributed by atoms with Crippen molar-refractivity contribution < 1.29 is 17.7 Å². The lowest BCUT2D eigenvalue weighted by molar-refractivity contribution is -0.133. The van der Waals surface area contributed by atoms with Crippen molar-refractivity contribution in [1.82, 2.24) is 14.8 Å². The second kappa shape index (κ2) is 6.37. The fraction of sp³-hybridized carbons (Fsp3) is 0.375. The summed E-state index contributed by atoms with van der Waals surface area (Å²) in [7, 11) is -3.44. The zero-order valence-electron chi connectivity index (χ0n) is 13.5. The van der Waals surface area contributed by atoms with Gasteiger partial charge in [-0.3, -0.25) is 4.79 Å². The molecular weight excluding hydrogens is 330 g/mol. The van der Waals surface area contributed by atoms with Gasteiger partial charge in [0.1, 0.15) is 11.5 Å². The minimum atomic E-state index is -3.44. The van der Waals surface area contributed by atoms with Gasteiger partial charge in [-0.25, -0.2) is 13.1 Å². The van der Waals surface area contributed by atoms with Crippen LogP contribution in [0, 0.1) is 0 Å². The first-order valence-corrected chi connectivity index (χ1v) is 9.53. The van der Waals surface area contributed by atoms with Crippen molar-refractivity contribution in [2.75, 3.05) is 12.8 Å². The van der Waals surface area contributed by atoms with E-state index >= 15 is 0 Å². The van der Waals surface area contributed by atoms with E-state index < -0.39 is 16.1 Å². The van der Waals surface area contributed by atoms with Crippen molar-refractivity contribution in [1.29, 1.82) is 0 Å². The Labute approximate surface area is 140 Å². The van der Waals surface area contributed by atoms with E-state index in [9.17, 15) is 13.2 Å². The molecule has 1 aliphatic heterocycles. The standard InChI is InChI=1S/C16H19N3O4S/c1-11(18-24(2,21)22)16(20)19-9-8-14-13(10-19)15(17-23-14)12-6-4-3-5-7-12/h3-7,11,18H,8-10H2,1-2H3/t11-/m1/s1. The second-order valence-electron chi connectivity index (χ2n) is 5.92. The van der Waals surface area contributed by atoms with Gasteiger partial charge in [-0.15, -0.1) is 0 Å². The molecule has 2 heterocycles. The van der Waals surface area contributed by atoms with Gasteiger partial charge in [0.15, 0.2) is 0 Å². The lowest BCUT2D eigenvalue weighted by Gasteiger charge is -2.28. The number of rotatable bonds is 4. The van der Waals surface area contributed by atoms with Crippen LogP contribution in [0.3, 0.4) is 0 Å². The molecule has 1 aromatic carbocycles. The topological polar surface area (TPSA) is 92.5 Å². The second-order valence-corrected chi connectivity index (χ2v) is 7.70. The molecule has 0 spiro atoms. The summed E-state index contributed by atoms with van der Waals surface area (Å²) in [5.41, 5.74) is 2.54. The number of nitrogens with one attached hydrogen (secondary N) is 1. The first-order chi connectivity index (χ1) is 11.3.